The molecule has 1 atom stereocenters. The highest BCUT2D eigenvalue weighted by atomic mass is 28.3. The first-order chi connectivity index (χ1) is 14.8. The summed E-state index contributed by atoms with van der Waals surface area (Å²) < 4.78 is 0. The van der Waals surface area contributed by atoms with Crippen LogP contribution in [-0.4, -0.2) is 8.07 Å². The number of benzene rings is 5. The minimum atomic E-state index is -2.37. The van der Waals surface area contributed by atoms with Crippen molar-refractivity contribution in [3.05, 3.63) is 121 Å². The molecule has 0 amide bonds. The molecule has 0 N–H and O–H groups in total. The standard InChI is InChI=1S/C29H22Si/c1-21-15-18-24(19-16-21)30(23-10-3-2-4-11-23)27-14-8-7-13-26(27)29-25-12-6-5-9-22(25)17-20-28(29)30/h2-20H,1H3. The first kappa shape index (κ1) is 17.4. The maximum atomic E-state index is 2.41. The van der Waals surface area contributed by atoms with Gasteiger partial charge < -0.3 is 0 Å². The Morgan fingerprint density at radius 2 is 1.17 bits per heavy atom. The van der Waals surface area contributed by atoms with E-state index < -0.39 is 8.07 Å². The molecule has 0 aromatic heterocycles. The minimum absolute atomic E-state index is 1.31. The van der Waals surface area contributed by atoms with Gasteiger partial charge in [-0.05, 0) is 49.6 Å². The molecule has 0 aliphatic carbocycles. The van der Waals surface area contributed by atoms with Crippen LogP contribution in [0.4, 0.5) is 0 Å². The van der Waals surface area contributed by atoms with E-state index in [9.17, 15) is 0 Å². The molecular weight excluding hydrogens is 376 g/mol. The van der Waals surface area contributed by atoms with E-state index in [-0.39, 0.29) is 0 Å². The molecule has 1 aliphatic rings. The molecule has 30 heavy (non-hydrogen) atoms. The maximum absolute atomic E-state index is 2.41. The Morgan fingerprint density at radius 3 is 2.00 bits per heavy atom. The Balaban J connectivity index is 1.83. The first-order valence-electron chi connectivity index (χ1n) is 10.5. The fraction of sp³-hybridized carbons (Fsp3) is 0.0345. The predicted octanol–water partition coefficient (Wildman–Crippen LogP) is 4.51. The molecule has 0 nitrogen and oxygen atoms in total. The summed E-state index contributed by atoms with van der Waals surface area (Å²) >= 11 is 0. The molecule has 0 bridgehead atoms. The van der Waals surface area contributed by atoms with Crippen LogP contribution in [-0.2, 0) is 0 Å². The predicted molar refractivity (Wildman–Crippen MR) is 131 cm³/mol. The van der Waals surface area contributed by atoms with Crippen LogP contribution in [0.25, 0.3) is 21.9 Å². The van der Waals surface area contributed by atoms with Crippen molar-refractivity contribution in [1.29, 1.82) is 0 Å². The van der Waals surface area contributed by atoms with E-state index in [4.69, 9.17) is 0 Å². The molecular formula is C29H22Si. The van der Waals surface area contributed by atoms with E-state index in [0.717, 1.165) is 0 Å². The van der Waals surface area contributed by atoms with E-state index in [1.165, 1.54) is 48.2 Å². The van der Waals surface area contributed by atoms with Crippen molar-refractivity contribution in [1.82, 2.24) is 0 Å². The zero-order valence-electron chi connectivity index (χ0n) is 17.0. The number of aryl methyl sites for hydroxylation is 1. The third kappa shape index (κ3) is 2.27. The normalized spacial score (nSPS) is 17.0. The lowest BCUT2D eigenvalue weighted by Crippen LogP contribution is -2.72. The molecule has 0 radical (unpaired) electrons. The summed E-state index contributed by atoms with van der Waals surface area (Å²) in [6.45, 7) is 2.17. The molecule has 1 heteroatoms. The SMILES string of the molecule is Cc1ccc([Si]2(c3ccccc3)c3ccccc3-c3c2ccc2ccccc32)cc1. The van der Waals surface area contributed by atoms with Crippen LogP contribution in [0.15, 0.2) is 115 Å². The summed E-state index contributed by atoms with van der Waals surface area (Å²) in [6.07, 6.45) is 0. The fourth-order valence-electron chi connectivity index (χ4n) is 5.33. The molecule has 5 aromatic carbocycles. The van der Waals surface area contributed by atoms with Crippen molar-refractivity contribution in [2.75, 3.05) is 0 Å². The second-order valence-corrected chi connectivity index (χ2v) is 12.0. The average molecular weight is 399 g/mol. The quantitative estimate of drug-likeness (QED) is 0.377. The van der Waals surface area contributed by atoms with Crippen LogP contribution >= 0.6 is 0 Å². The third-order valence-corrected chi connectivity index (χ3v) is 11.5. The van der Waals surface area contributed by atoms with Crippen LogP contribution in [0, 0.1) is 6.92 Å². The lowest BCUT2D eigenvalue weighted by atomic mass is 9.98. The number of fused-ring (bicyclic) bond motifs is 5. The van der Waals surface area contributed by atoms with Crippen LogP contribution in [0.5, 0.6) is 0 Å². The van der Waals surface area contributed by atoms with Crippen molar-refractivity contribution < 1.29 is 0 Å². The monoisotopic (exact) mass is 398 g/mol. The molecule has 0 fully saturated rings. The fourth-order valence-corrected chi connectivity index (χ4v) is 10.5. The van der Waals surface area contributed by atoms with E-state index in [1.807, 2.05) is 0 Å². The Hall–Kier alpha value is -3.42. The van der Waals surface area contributed by atoms with Crippen LogP contribution in [0.2, 0.25) is 0 Å². The first-order valence-corrected chi connectivity index (χ1v) is 12.5. The van der Waals surface area contributed by atoms with Crippen LogP contribution in [0.3, 0.4) is 0 Å². The second-order valence-electron chi connectivity index (χ2n) is 8.24. The van der Waals surface area contributed by atoms with Crippen molar-refractivity contribution in [2.24, 2.45) is 0 Å². The summed E-state index contributed by atoms with van der Waals surface area (Å²) in [4.78, 5) is 0. The van der Waals surface area contributed by atoms with Gasteiger partial charge in [0.25, 0.3) is 0 Å². The Morgan fingerprint density at radius 1 is 0.500 bits per heavy atom. The molecule has 6 rings (SSSR count). The van der Waals surface area contributed by atoms with E-state index in [1.54, 1.807) is 0 Å². The van der Waals surface area contributed by atoms with Gasteiger partial charge in [-0.25, -0.2) is 0 Å². The van der Waals surface area contributed by atoms with Crippen molar-refractivity contribution in [3.63, 3.8) is 0 Å². The van der Waals surface area contributed by atoms with Crippen molar-refractivity contribution in [3.8, 4) is 11.1 Å². The van der Waals surface area contributed by atoms with E-state index in [2.05, 4.69) is 122 Å². The van der Waals surface area contributed by atoms with Gasteiger partial charge in [0.1, 0.15) is 0 Å². The number of hydrogen-bond acceptors (Lipinski definition) is 0. The number of hydrogen-bond donors (Lipinski definition) is 0. The zero-order valence-corrected chi connectivity index (χ0v) is 18.0. The molecule has 1 heterocycles. The molecule has 1 unspecified atom stereocenters. The third-order valence-electron chi connectivity index (χ3n) is 6.62. The Labute approximate surface area is 178 Å². The van der Waals surface area contributed by atoms with Gasteiger partial charge >= 0.3 is 0 Å². The topological polar surface area (TPSA) is 0 Å². The van der Waals surface area contributed by atoms with Gasteiger partial charge in [-0.3, -0.25) is 0 Å². The highest BCUT2D eigenvalue weighted by molar-refractivity contribution is 7.22. The number of rotatable bonds is 2. The van der Waals surface area contributed by atoms with Gasteiger partial charge in [-0.15, -0.1) is 0 Å². The van der Waals surface area contributed by atoms with E-state index in [0.29, 0.717) is 0 Å². The lowest BCUT2D eigenvalue weighted by molar-refractivity contribution is 1.49. The summed E-state index contributed by atoms with van der Waals surface area (Å²) in [5.41, 5.74) is 4.14. The zero-order chi connectivity index (χ0) is 20.1. The molecule has 0 spiro atoms. The molecule has 1 aliphatic heterocycles. The highest BCUT2D eigenvalue weighted by Crippen LogP contribution is 2.34. The largest absolute Gasteiger partial charge is 0.180 e. The van der Waals surface area contributed by atoms with Gasteiger partial charge in [-0.1, -0.05) is 121 Å². The maximum Gasteiger partial charge on any atom is 0.180 e. The van der Waals surface area contributed by atoms with Crippen LogP contribution in [0.1, 0.15) is 5.56 Å². The van der Waals surface area contributed by atoms with Crippen molar-refractivity contribution >= 4 is 39.6 Å². The Kier molecular flexibility index (Phi) is 3.81. The summed E-state index contributed by atoms with van der Waals surface area (Å²) in [5.74, 6) is 0. The van der Waals surface area contributed by atoms with Crippen molar-refractivity contribution in [2.45, 2.75) is 6.92 Å². The van der Waals surface area contributed by atoms with Gasteiger partial charge in [0.15, 0.2) is 8.07 Å². The van der Waals surface area contributed by atoms with Crippen LogP contribution < -0.4 is 20.7 Å². The summed E-state index contributed by atoms with van der Waals surface area (Å²) in [6, 6.07) is 43.1. The average Bonchev–Trinajstić information content (AvgIpc) is 3.12. The molecule has 5 aromatic rings. The lowest BCUT2D eigenvalue weighted by Gasteiger charge is -2.31. The summed E-state index contributed by atoms with van der Waals surface area (Å²) in [5, 5.41) is 8.60. The highest BCUT2D eigenvalue weighted by Gasteiger charge is 2.48. The second kappa shape index (κ2) is 6.55. The van der Waals surface area contributed by atoms with Gasteiger partial charge in [0, 0.05) is 0 Å². The van der Waals surface area contributed by atoms with Gasteiger partial charge in [-0.2, -0.15) is 0 Å². The van der Waals surface area contributed by atoms with Gasteiger partial charge in [0.2, 0.25) is 0 Å². The Bertz CT molecular complexity index is 1380. The smallest absolute Gasteiger partial charge is 0.0623 e. The van der Waals surface area contributed by atoms with E-state index >= 15 is 0 Å². The van der Waals surface area contributed by atoms with Gasteiger partial charge in [0.05, 0.1) is 0 Å². The minimum Gasteiger partial charge on any atom is -0.0623 e. The molecule has 0 saturated carbocycles. The molecule has 0 saturated heterocycles. The summed E-state index contributed by atoms with van der Waals surface area (Å²) in [7, 11) is -2.37. The molecule has 142 valence electrons.